The number of aromatic nitrogens is 2. The second-order valence-electron chi connectivity index (χ2n) is 3.38. The number of thioether (sulfide) groups is 1. The van der Waals surface area contributed by atoms with Crippen molar-refractivity contribution in [3.05, 3.63) is 22.5 Å². The first-order valence-electron chi connectivity index (χ1n) is 5.29. The van der Waals surface area contributed by atoms with Crippen molar-refractivity contribution in [2.45, 2.75) is 12.7 Å². The number of nitrogens with one attached hydrogen (secondary N) is 2. The Balaban J connectivity index is 2.18. The molecule has 5 nitrogen and oxygen atoms in total. The first kappa shape index (κ1) is 15.4. The summed E-state index contributed by atoms with van der Waals surface area (Å²) in [4.78, 5) is 10.9. The molecule has 0 aliphatic heterocycles. The SMILES string of the molecule is CNC(=O)NSCCSCc1cc(C)nnc1Cl. The van der Waals surface area contributed by atoms with Crippen LogP contribution in [-0.4, -0.2) is 34.8 Å². The second kappa shape index (κ2) is 8.44. The molecule has 0 saturated heterocycles. The maximum atomic E-state index is 10.9. The minimum absolute atomic E-state index is 0.179. The molecule has 0 bridgehead atoms. The van der Waals surface area contributed by atoms with Gasteiger partial charge in [0, 0.05) is 29.9 Å². The highest BCUT2D eigenvalue weighted by Gasteiger charge is 2.03. The van der Waals surface area contributed by atoms with Gasteiger partial charge in [-0.05, 0) is 24.9 Å². The van der Waals surface area contributed by atoms with Gasteiger partial charge in [-0.15, -0.1) is 5.10 Å². The molecular formula is C10H15ClN4OS2. The van der Waals surface area contributed by atoms with Crippen molar-refractivity contribution >= 4 is 41.3 Å². The minimum Gasteiger partial charge on any atom is -0.341 e. The molecule has 0 unspecified atom stereocenters. The standard InChI is InChI=1S/C10H15ClN4OS2/c1-7-5-8(9(11)14-13-7)6-17-3-4-18-15-10(16)12-2/h5H,3-4,6H2,1-2H3,(H2,12,15,16). The first-order valence-corrected chi connectivity index (χ1v) is 7.81. The average molecular weight is 307 g/mol. The Morgan fingerprint density at radius 1 is 1.44 bits per heavy atom. The summed E-state index contributed by atoms with van der Waals surface area (Å²) in [5.41, 5.74) is 1.86. The van der Waals surface area contributed by atoms with Crippen molar-refractivity contribution in [3.8, 4) is 0 Å². The fraction of sp³-hybridized carbons (Fsp3) is 0.500. The maximum Gasteiger partial charge on any atom is 0.324 e. The minimum atomic E-state index is -0.179. The smallest absolute Gasteiger partial charge is 0.324 e. The van der Waals surface area contributed by atoms with Gasteiger partial charge < -0.3 is 5.32 Å². The fourth-order valence-electron chi connectivity index (χ4n) is 1.08. The number of hydrogen-bond acceptors (Lipinski definition) is 5. The van der Waals surface area contributed by atoms with Crippen LogP contribution in [-0.2, 0) is 5.75 Å². The van der Waals surface area contributed by atoms with Gasteiger partial charge in [-0.2, -0.15) is 16.9 Å². The molecule has 0 spiro atoms. The molecule has 1 rings (SSSR count). The Morgan fingerprint density at radius 3 is 2.94 bits per heavy atom. The Labute approximate surface area is 120 Å². The van der Waals surface area contributed by atoms with Crippen molar-refractivity contribution in [1.29, 1.82) is 0 Å². The summed E-state index contributed by atoms with van der Waals surface area (Å²) in [6.07, 6.45) is 0. The highest BCUT2D eigenvalue weighted by molar-refractivity contribution is 8.01. The third kappa shape index (κ3) is 5.79. The number of aryl methyl sites for hydroxylation is 1. The molecule has 2 N–H and O–H groups in total. The van der Waals surface area contributed by atoms with Crippen LogP contribution in [0.2, 0.25) is 5.15 Å². The van der Waals surface area contributed by atoms with Gasteiger partial charge in [-0.3, -0.25) is 4.72 Å². The average Bonchev–Trinajstić information content (AvgIpc) is 2.37. The Hall–Kier alpha value is -0.660. The number of nitrogens with zero attached hydrogens (tertiary/aromatic N) is 2. The molecular weight excluding hydrogens is 292 g/mol. The molecule has 1 heterocycles. The van der Waals surface area contributed by atoms with Crippen LogP contribution in [0.1, 0.15) is 11.3 Å². The lowest BCUT2D eigenvalue weighted by Crippen LogP contribution is -2.27. The number of amides is 2. The maximum absolute atomic E-state index is 10.9. The molecule has 2 amide bonds. The van der Waals surface area contributed by atoms with Gasteiger partial charge in [0.05, 0.1) is 5.69 Å². The van der Waals surface area contributed by atoms with Crippen LogP contribution in [0.5, 0.6) is 0 Å². The van der Waals surface area contributed by atoms with Crippen LogP contribution in [0.3, 0.4) is 0 Å². The third-order valence-electron chi connectivity index (χ3n) is 1.92. The van der Waals surface area contributed by atoms with Gasteiger partial charge in [0.15, 0.2) is 5.15 Å². The van der Waals surface area contributed by atoms with E-state index in [1.54, 1.807) is 18.8 Å². The van der Waals surface area contributed by atoms with E-state index in [0.717, 1.165) is 28.5 Å². The van der Waals surface area contributed by atoms with Crippen LogP contribution in [0.25, 0.3) is 0 Å². The Kier molecular flexibility index (Phi) is 7.22. The van der Waals surface area contributed by atoms with Gasteiger partial charge >= 0.3 is 6.03 Å². The van der Waals surface area contributed by atoms with Crippen LogP contribution >= 0.6 is 35.3 Å². The van der Waals surface area contributed by atoms with E-state index in [2.05, 4.69) is 20.2 Å². The van der Waals surface area contributed by atoms with E-state index in [1.807, 2.05) is 13.0 Å². The molecule has 0 radical (unpaired) electrons. The van der Waals surface area contributed by atoms with Crippen molar-refractivity contribution < 1.29 is 4.79 Å². The second-order valence-corrected chi connectivity index (χ2v) is 5.75. The topological polar surface area (TPSA) is 66.9 Å². The van der Waals surface area contributed by atoms with Gasteiger partial charge in [0.2, 0.25) is 0 Å². The summed E-state index contributed by atoms with van der Waals surface area (Å²) in [6.45, 7) is 1.89. The molecule has 0 aliphatic carbocycles. The van der Waals surface area contributed by atoms with E-state index in [4.69, 9.17) is 11.6 Å². The zero-order valence-electron chi connectivity index (χ0n) is 10.2. The summed E-state index contributed by atoms with van der Waals surface area (Å²) < 4.78 is 2.66. The normalized spacial score (nSPS) is 10.2. The van der Waals surface area contributed by atoms with Gasteiger partial charge in [0.25, 0.3) is 0 Å². The number of hydrogen-bond donors (Lipinski definition) is 2. The van der Waals surface area contributed by atoms with E-state index in [9.17, 15) is 4.79 Å². The van der Waals surface area contributed by atoms with E-state index in [1.165, 1.54) is 11.9 Å². The molecule has 8 heteroatoms. The molecule has 0 saturated carbocycles. The quantitative estimate of drug-likeness (QED) is 0.623. The summed E-state index contributed by atoms with van der Waals surface area (Å²) in [5.74, 6) is 2.56. The molecule has 1 aromatic heterocycles. The number of carbonyl (C=O) groups is 1. The lowest BCUT2D eigenvalue weighted by Gasteiger charge is -2.05. The molecule has 0 aromatic carbocycles. The summed E-state index contributed by atoms with van der Waals surface area (Å²) in [5, 5.41) is 10.7. The van der Waals surface area contributed by atoms with Crippen molar-refractivity contribution in [1.82, 2.24) is 20.2 Å². The highest BCUT2D eigenvalue weighted by Crippen LogP contribution is 2.19. The summed E-state index contributed by atoms with van der Waals surface area (Å²) in [7, 11) is 1.59. The zero-order chi connectivity index (χ0) is 13.4. The first-order chi connectivity index (χ1) is 8.63. The van der Waals surface area contributed by atoms with Crippen LogP contribution in [0, 0.1) is 6.92 Å². The van der Waals surface area contributed by atoms with Crippen molar-refractivity contribution in [2.24, 2.45) is 0 Å². The van der Waals surface area contributed by atoms with Gasteiger partial charge in [-0.1, -0.05) is 11.6 Å². The number of urea groups is 1. The van der Waals surface area contributed by atoms with E-state index >= 15 is 0 Å². The predicted molar refractivity (Wildman–Crippen MR) is 78.0 cm³/mol. The fourth-order valence-corrected chi connectivity index (χ4v) is 3.04. The molecule has 100 valence electrons. The predicted octanol–water partition coefficient (Wildman–Crippen LogP) is 2.25. The molecule has 0 atom stereocenters. The van der Waals surface area contributed by atoms with Crippen LogP contribution in [0.15, 0.2) is 6.07 Å². The molecule has 0 fully saturated rings. The number of halogens is 1. The summed E-state index contributed by atoms with van der Waals surface area (Å²) in [6, 6.07) is 1.76. The Morgan fingerprint density at radius 2 is 2.22 bits per heavy atom. The molecule has 18 heavy (non-hydrogen) atoms. The lowest BCUT2D eigenvalue weighted by atomic mass is 10.3. The van der Waals surface area contributed by atoms with Crippen LogP contribution < -0.4 is 10.0 Å². The molecule has 0 aliphatic rings. The summed E-state index contributed by atoms with van der Waals surface area (Å²) >= 11 is 9.07. The monoisotopic (exact) mass is 306 g/mol. The van der Waals surface area contributed by atoms with E-state index in [-0.39, 0.29) is 6.03 Å². The highest BCUT2D eigenvalue weighted by atomic mass is 35.5. The van der Waals surface area contributed by atoms with Gasteiger partial charge in [-0.25, -0.2) is 4.79 Å². The van der Waals surface area contributed by atoms with Gasteiger partial charge in [0.1, 0.15) is 0 Å². The van der Waals surface area contributed by atoms with Crippen LogP contribution in [0.4, 0.5) is 4.79 Å². The largest absolute Gasteiger partial charge is 0.341 e. The zero-order valence-corrected chi connectivity index (χ0v) is 12.6. The van der Waals surface area contributed by atoms with Crippen molar-refractivity contribution in [2.75, 3.05) is 18.6 Å². The molecule has 1 aromatic rings. The number of carbonyl (C=O) groups excluding carboxylic acids is 1. The van der Waals surface area contributed by atoms with E-state index in [0.29, 0.717) is 5.15 Å². The third-order valence-corrected chi connectivity index (χ3v) is 4.25. The lowest BCUT2D eigenvalue weighted by molar-refractivity contribution is 0.248. The Bertz CT molecular complexity index is 405. The number of rotatable bonds is 6. The van der Waals surface area contributed by atoms with E-state index < -0.39 is 0 Å². The van der Waals surface area contributed by atoms with Crippen molar-refractivity contribution in [3.63, 3.8) is 0 Å².